The van der Waals surface area contributed by atoms with E-state index in [0.29, 0.717) is 18.9 Å². The molecular weight excluding hydrogens is 374 g/mol. The fraction of sp³-hybridized carbons (Fsp3) is 0.840. The first kappa shape index (κ1) is 20.4. The van der Waals surface area contributed by atoms with Crippen LogP contribution in [0.1, 0.15) is 89.9 Å². The van der Waals surface area contributed by atoms with E-state index in [9.17, 15) is 9.59 Å². The van der Waals surface area contributed by atoms with Crippen molar-refractivity contribution < 1.29 is 9.59 Å². The fourth-order valence-electron chi connectivity index (χ4n) is 7.73. The zero-order chi connectivity index (χ0) is 20.6. The summed E-state index contributed by atoms with van der Waals surface area (Å²) >= 11 is 0. The molecule has 4 bridgehead atoms. The van der Waals surface area contributed by atoms with Crippen LogP contribution in [0, 0.1) is 23.7 Å². The van der Waals surface area contributed by atoms with Crippen LogP contribution >= 0.6 is 0 Å². The highest BCUT2D eigenvalue weighted by atomic mass is 16.2. The molecule has 1 atom stereocenters. The topological polar surface area (TPSA) is 61.4 Å². The maximum absolute atomic E-state index is 12.8. The molecule has 1 heterocycles. The van der Waals surface area contributed by atoms with Crippen molar-refractivity contribution in [1.29, 1.82) is 0 Å². The average molecular weight is 414 g/mol. The molecule has 0 aromatic carbocycles. The number of urea groups is 1. The second-order valence-electron chi connectivity index (χ2n) is 11.0. The molecule has 5 heteroatoms. The highest BCUT2D eigenvalue weighted by molar-refractivity contribution is 5.78. The zero-order valence-electron chi connectivity index (χ0n) is 18.5. The Balaban J connectivity index is 1.02. The van der Waals surface area contributed by atoms with Crippen LogP contribution in [-0.2, 0) is 4.79 Å². The Morgan fingerprint density at radius 3 is 2.43 bits per heavy atom. The molecule has 5 fully saturated rings. The summed E-state index contributed by atoms with van der Waals surface area (Å²) in [7, 11) is 0. The van der Waals surface area contributed by atoms with E-state index in [-0.39, 0.29) is 17.5 Å². The molecule has 0 aromatic rings. The van der Waals surface area contributed by atoms with Crippen LogP contribution in [0.15, 0.2) is 11.8 Å². The molecule has 166 valence electrons. The lowest BCUT2D eigenvalue weighted by Gasteiger charge is -2.56. The molecular formula is C25H39N3O2. The summed E-state index contributed by atoms with van der Waals surface area (Å²) in [6, 6.07) is 0.00881. The van der Waals surface area contributed by atoms with Gasteiger partial charge in [0.1, 0.15) is 0 Å². The molecule has 1 saturated heterocycles. The van der Waals surface area contributed by atoms with E-state index in [2.05, 4.69) is 21.6 Å². The van der Waals surface area contributed by atoms with Gasteiger partial charge < -0.3 is 15.5 Å². The normalized spacial score (nSPS) is 36.8. The predicted octanol–water partition coefficient (Wildman–Crippen LogP) is 4.73. The Kier molecular flexibility index (Phi) is 5.81. The van der Waals surface area contributed by atoms with Crippen molar-refractivity contribution in [3.05, 3.63) is 11.8 Å². The van der Waals surface area contributed by atoms with Crippen LogP contribution in [0.5, 0.6) is 0 Å². The summed E-state index contributed by atoms with van der Waals surface area (Å²) in [6.07, 6.45) is 18.4. The second kappa shape index (κ2) is 8.55. The van der Waals surface area contributed by atoms with Crippen molar-refractivity contribution >= 4 is 11.9 Å². The SMILES string of the molecule is O=C(NCCCCC(=O)N1CCCC2CCCC=C21)NC12CC3CC(CC(C3)C1)C2. The molecule has 2 N–H and O–H groups in total. The van der Waals surface area contributed by atoms with Crippen molar-refractivity contribution in [2.75, 3.05) is 13.1 Å². The van der Waals surface area contributed by atoms with E-state index >= 15 is 0 Å². The van der Waals surface area contributed by atoms with Gasteiger partial charge in [0, 0.05) is 30.7 Å². The van der Waals surface area contributed by atoms with Gasteiger partial charge in [0.15, 0.2) is 0 Å². The van der Waals surface area contributed by atoms with Gasteiger partial charge in [-0.05, 0) is 107 Å². The number of rotatable bonds is 6. The Morgan fingerprint density at radius 2 is 1.70 bits per heavy atom. The first-order valence-electron chi connectivity index (χ1n) is 12.7. The summed E-state index contributed by atoms with van der Waals surface area (Å²) < 4.78 is 0. The number of nitrogens with zero attached hydrogens (tertiary/aromatic N) is 1. The number of carbonyl (C=O) groups excluding carboxylic acids is 2. The van der Waals surface area contributed by atoms with E-state index in [1.54, 1.807) is 0 Å². The molecule has 4 saturated carbocycles. The standard InChI is InChI=1S/C25H39N3O2/c29-23(28-11-5-7-21-6-1-2-8-22(21)28)9-3-4-10-26-24(30)27-25-15-18-12-19(16-25)14-20(13-18)17-25/h8,18-21H,1-7,9-17H2,(H2,26,27,30). The van der Waals surface area contributed by atoms with Gasteiger partial charge in [-0.2, -0.15) is 0 Å². The third-order valence-electron chi connectivity index (χ3n) is 8.60. The van der Waals surface area contributed by atoms with Crippen LogP contribution in [0.25, 0.3) is 0 Å². The minimum atomic E-state index is 0.00881. The van der Waals surface area contributed by atoms with Gasteiger partial charge >= 0.3 is 6.03 Å². The molecule has 3 amide bonds. The summed E-state index contributed by atoms with van der Waals surface area (Å²) in [6.45, 7) is 1.56. The Labute approximate surface area is 181 Å². The van der Waals surface area contributed by atoms with E-state index in [4.69, 9.17) is 0 Å². The van der Waals surface area contributed by atoms with Crippen LogP contribution < -0.4 is 10.6 Å². The van der Waals surface area contributed by atoms with Crippen LogP contribution in [0.2, 0.25) is 0 Å². The van der Waals surface area contributed by atoms with Gasteiger partial charge in [-0.3, -0.25) is 4.79 Å². The maximum Gasteiger partial charge on any atom is 0.315 e. The summed E-state index contributed by atoms with van der Waals surface area (Å²) in [5.74, 6) is 3.43. The third kappa shape index (κ3) is 4.27. The van der Waals surface area contributed by atoms with E-state index < -0.39 is 0 Å². The Hall–Kier alpha value is -1.52. The predicted molar refractivity (Wildman–Crippen MR) is 118 cm³/mol. The van der Waals surface area contributed by atoms with Crippen LogP contribution in [-0.4, -0.2) is 35.5 Å². The fourth-order valence-corrected chi connectivity index (χ4v) is 7.73. The summed E-state index contributed by atoms with van der Waals surface area (Å²) in [5, 5.41) is 6.44. The number of hydrogen-bond acceptors (Lipinski definition) is 2. The number of amides is 3. The first-order chi connectivity index (χ1) is 14.6. The van der Waals surface area contributed by atoms with Crippen molar-refractivity contribution in [2.45, 2.75) is 95.4 Å². The number of hydrogen-bond donors (Lipinski definition) is 2. The lowest BCUT2D eigenvalue weighted by molar-refractivity contribution is -0.130. The van der Waals surface area contributed by atoms with E-state index in [1.807, 2.05) is 0 Å². The molecule has 5 nitrogen and oxygen atoms in total. The van der Waals surface area contributed by atoms with Gasteiger partial charge in [-0.25, -0.2) is 4.79 Å². The van der Waals surface area contributed by atoms with Crippen molar-refractivity contribution in [2.24, 2.45) is 23.7 Å². The van der Waals surface area contributed by atoms with Crippen molar-refractivity contribution in [1.82, 2.24) is 15.5 Å². The Morgan fingerprint density at radius 1 is 1.00 bits per heavy atom. The first-order valence-corrected chi connectivity index (χ1v) is 12.7. The molecule has 1 unspecified atom stereocenters. The summed E-state index contributed by atoms with van der Waals surface area (Å²) in [4.78, 5) is 27.3. The lowest BCUT2D eigenvalue weighted by Crippen LogP contribution is -2.61. The second-order valence-corrected chi connectivity index (χ2v) is 11.0. The van der Waals surface area contributed by atoms with Crippen LogP contribution in [0.4, 0.5) is 4.79 Å². The van der Waals surface area contributed by atoms with Crippen LogP contribution in [0.3, 0.4) is 0 Å². The monoisotopic (exact) mass is 413 g/mol. The minimum Gasteiger partial charge on any atom is -0.338 e. The number of likely N-dealkylation sites (tertiary alicyclic amines) is 1. The molecule has 1 aliphatic heterocycles. The molecule has 0 spiro atoms. The third-order valence-corrected chi connectivity index (χ3v) is 8.60. The number of unbranched alkanes of at least 4 members (excludes halogenated alkanes) is 1. The quantitative estimate of drug-likeness (QED) is 0.618. The zero-order valence-corrected chi connectivity index (χ0v) is 18.5. The molecule has 0 radical (unpaired) electrons. The number of allylic oxidation sites excluding steroid dienone is 2. The van der Waals surface area contributed by atoms with Gasteiger partial charge in [0.2, 0.25) is 5.91 Å². The highest BCUT2D eigenvalue weighted by Crippen LogP contribution is 2.55. The van der Waals surface area contributed by atoms with Gasteiger partial charge in [0.05, 0.1) is 0 Å². The molecule has 5 aliphatic carbocycles. The molecule has 0 aromatic heterocycles. The van der Waals surface area contributed by atoms with Gasteiger partial charge in [-0.1, -0.05) is 6.08 Å². The highest BCUT2D eigenvalue weighted by Gasteiger charge is 2.51. The van der Waals surface area contributed by atoms with Crippen molar-refractivity contribution in [3.8, 4) is 0 Å². The smallest absolute Gasteiger partial charge is 0.315 e. The lowest BCUT2D eigenvalue weighted by atomic mass is 9.53. The minimum absolute atomic E-state index is 0.00881. The number of nitrogens with one attached hydrogen (secondary N) is 2. The Bertz CT molecular complexity index is 665. The van der Waals surface area contributed by atoms with E-state index in [1.165, 1.54) is 63.5 Å². The number of piperidine rings is 1. The molecule has 30 heavy (non-hydrogen) atoms. The van der Waals surface area contributed by atoms with Gasteiger partial charge in [-0.15, -0.1) is 0 Å². The van der Waals surface area contributed by atoms with Crippen molar-refractivity contribution in [3.63, 3.8) is 0 Å². The molecule has 6 rings (SSSR count). The van der Waals surface area contributed by atoms with E-state index in [0.717, 1.165) is 50.0 Å². The summed E-state index contributed by atoms with van der Waals surface area (Å²) in [5.41, 5.74) is 1.39. The number of fused-ring (bicyclic) bond motifs is 1. The largest absolute Gasteiger partial charge is 0.338 e. The average Bonchev–Trinajstić information content (AvgIpc) is 2.71. The number of carbonyl (C=O) groups is 2. The van der Waals surface area contributed by atoms with Gasteiger partial charge in [0.25, 0.3) is 0 Å². The maximum atomic E-state index is 12.8. The molecule has 6 aliphatic rings.